The van der Waals surface area contributed by atoms with Gasteiger partial charge < -0.3 is 5.73 Å². The first kappa shape index (κ1) is 13.5. The number of nitrogens with zero attached hydrogens (tertiary/aromatic N) is 2. The second-order valence-corrected chi connectivity index (χ2v) is 5.02. The molecular weight excluding hydrogens is 238 g/mol. The van der Waals surface area contributed by atoms with Gasteiger partial charge in [-0.1, -0.05) is 38.1 Å². The van der Waals surface area contributed by atoms with E-state index in [1.807, 2.05) is 12.1 Å². The fraction of sp³-hybridized carbons (Fsp3) is 0.333. The van der Waals surface area contributed by atoms with Crippen LogP contribution in [0, 0.1) is 0 Å². The number of benzene rings is 1. The SMILES string of the molecule is CC(C)c1ccc(C(N)c2ccc(=O)n(C)n2)cc1. The summed E-state index contributed by atoms with van der Waals surface area (Å²) in [6.45, 7) is 4.31. The molecule has 4 nitrogen and oxygen atoms in total. The minimum atomic E-state index is -0.312. The van der Waals surface area contributed by atoms with Gasteiger partial charge in [0.1, 0.15) is 0 Å². The van der Waals surface area contributed by atoms with E-state index in [2.05, 4.69) is 31.1 Å². The minimum absolute atomic E-state index is 0.133. The molecule has 0 saturated carbocycles. The van der Waals surface area contributed by atoms with Crippen molar-refractivity contribution < 1.29 is 0 Å². The number of hydrogen-bond donors (Lipinski definition) is 1. The van der Waals surface area contributed by atoms with Gasteiger partial charge in [-0.2, -0.15) is 5.10 Å². The maximum atomic E-state index is 11.3. The van der Waals surface area contributed by atoms with Crippen molar-refractivity contribution in [1.82, 2.24) is 9.78 Å². The largest absolute Gasteiger partial charge is 0.319 e. The molecule has 0 aliphatic rings. The van der Waals surface area contributed by atoms with Crippen molar-refractivity contribution in [3.63, 3.8) is 0 Å². The minimum Gasteiger partial charge on any atom is -0.319 e. The average molecular weight is 257 g/mol. The van der Waals surface area contributed by atoms with E-state index in [0.29, 0.717) is 11.6 Å². The van der Waals surface area contributed by atoms with E-state index in [0.717, 1.165) is 5.56 Å². The molecule has 0 radical (unpaired) electrons. The zero-order valence-electron chi connectivity index (χ0n) is 11.5. The summed E-state index contributed by atoms with van der Waals surface area (Å²) in [5.41, 5.74) is 9.02. The van der Waals surface area contributed by atoms with Gasteiger partial charge in [-0.25, -0.2) is 4.68 Å². The summed E-state index contributed by atoms with van der Waals surface area (Å²) in [5, 5.41) is 4.19. The Hall–Kier alpha value is -1.94. The van der Waals surface area contributed by atoms with Crippen molar-refractivity contribution >= 4 is 0 Å². The number of hydrogen-bond acceptors (Lipinski definition) is 3. The third-order valence-corrected chi connectivity index (χ3v) is 3.26. The normalized spacial score (nSPS) is 12.7. The van der Waals surface area contributed by atoms with Gasteiger partial charge in [0.15, 0.2) is 0 Å². The summed E-state index contributed by atoms with van der Waals surface area (Å²) in [5.74, 6) is 0.501. The second-order valence-electron chi connectivity index (χ2n) is 5.02. The lowest BCUT2D eigenvalue weighted by atomic mass is 9.98. The molecule has 0 saturated heterocycles. The van der Waals surface area contributed by atoms with Gasteiger partial charge in [0.05, 0.1) is 11.7 Å². The molecule has 0 amide bonds. The standard InChI is InChI=1S/C15H19N3O/c1-10(2)11-4-6-12(7-5-11)15(16)13-8-9-14(19)18(3)17-13/h4-10,15H,16H2,1-3H3. The summed E-state index contributed by atoms with van der Waals surface area (Å²) in [7, 11) is 1.63. The highest BCUT2D eigenvalue weighted by Crippen LogP contribution is 2.20. The van der Waals surface area contributed by atoms with Gasteiger partial charge in [0.2, 0.25) is 0 Å². The van der Waals surface area contributed by atoms with Crippen molar-refractivity contribution in [2.45, 2.75) is 25.8 Å². The first-order valence-electron chi connectivity index (χ1n) is 6.38. The van der Waals surface area contributed by atoms with E-state index in [9.17, 15) is 4.79 Å². The first-order chi connectivity index (χ1) is 8.99. The fourth-order valence-electron chi connectivity index (χ4n) is 1.95. The molecule has 100 valence electrons. The lowest BCUT2D eigenvalue weighted by Crippen LogP contribution is -2.23. The van der Waals surface area contributed by atoms with Crippen LogP contribution in [0.1, 0.15) is 42.6 Å². The molecule has 2 rings (SSSR count). The molecule has 0 bridgehead atoms. The highest BCUT2D eigenvalue weighted by Gasteiger charge is 2.11. The molecule has 19 heavy (non-hydrogen) atoms. The molecular formula is C15H19N3O. The number of aromatic nitrogens is 2. The Morgan fingerprint density at radius 2 is 1.63 bits per heavy atom. The van der Waals surface area contributed by atoms with Crippen LogP contribution in [-0.4, -0.2) is 9.78 Å². The van der Waals surface area contributed by atoms with Crippen molar-refractivity contribution in [3.8, 4) is 0 Å². The smallest absolute Gasteiger partial charge is 0.266 e. The Balaban J connectivity index is 2.30. The maximum absolute atomic E-state index is 11.3. The molecule has 0 fully saturated rings. The third-order valence-electron chi connectivity index (χ3n) is 3.26. The fourth-order valence-corrected chi connectivity index (χ4v) is 1.95. The molecule has 1 aromatic carbocycles. The summed E-state index contributed by atoms with van der Waals surface area (Å²) in [6, 6.07) is 11.1. The van der Waals surface area contributed by atoms with Gasteiger partial charge in [0, 0.05) is 13.1 Å². The quantitative estimate of drug-likeness (QED) is 0.914. The Morgan fingerprint density at radius 1 is 1.05 bits per heavy atom. The molecule has 1 aromatic heterocycles. The van der Waals surface area contributed by atoms with Crippen LogP contribution in [-0.2, 0) is 7.05 Å². The van der Waals surface area contributed by atoms with E-state index in [1.165, 1.54) is 16.3 Å². The number of rotatable bonds is 3. The van der Waals surface area contributed by atoms with Crippen LogP contribution in [0.5, 0.6) is 0 Å². The van der Waals surface area contributed by atoms with Crippen molar-refractivity contribution in [2.24, 2.45) is 12.8 Å². The Morgan fingerprint density at radius 3 is 2.16 bits per heavy atom. The summed E-state index contributed by atoms with van der Waals surface area (Å²) >= 11 is 0. The van der Waals surface area contributed by atoms with Gasteiger partial charge in [-0.15, -0.1) is 0 Å². The highest BCUT2D eigenvalue weighted by atomic mass is 16.1. The average Bonchev–Trinajstić information content (AvgIpc) is 2.41. The molecule has 2 N–H and O–H groups in total. The van der Waals surface area contributed by atoms with Crippen LogP contribution in [0.2, 0.25) is 0 Å². The van der Waals surface area contributed by atoms with Gasteiger partial charge in [-0.05, 0) is 23.1 Å². The van der Waals surface area contributed by atoms with E-state index in [-0.39, 0.29) is 11.6 Å². The molecule has 1 heterocycles. The second kappa shape index (κ2) is 5.36. The predicted molar refractivity (Wildman–Crippen MR) is 76.0 cm³/mol. The lowest BCUT2D eigenvalue weighted by molar-refractivity contribution is 0.655. The van der Waals surface area contributed by atoms with Crippen molar-refractivity contribution in [2.75, 3.05) is 0 Å². The molecule has 0 aliphatic carbocycles. The van der Waals surface area contributed by atoms with Gasteiger partial charge in [0.25, 0.3) is 5.56 Å². The molecule has 4 heteroatoms. The Bertz CT molecular complexity index is 614. The van der Waals surface area contributed by atoms with Crippen LogP contribution in [0.15, 0.2) is 41.2 Å². The van der Waals surface area contributed by atoms with Crippen LogP contribution < -0.4 is 11.3 Å². The summed E-state index contributed by atoms with van der Waals surface area (Å²) in [4.78, 5) is 11.3. The Labute approximate surface area is 112 Å². The van der Waals surface area contributed by atoms with Crippen LogP contribution >= 0.6 is 0 Å². The van der Waals surface area contributed by atoms with Crippen LogP contribution in [0.3, 0.4) is 0 Å². The zero-order valence-corrected chi connectivity index (χ0v) is 11.5. The van der Waals surface area contributed by atoms with E-state index >= 15 is 0 Å². The monoisotopic (exact) mass is 257 g/mol. The Kier molecular flexibility index (Phi) is 3.81. The third kappa shape index (κ3) is 2.90. The molecule has 0 aliphatic heterocycles. The summed E-state index contributed by atoms with van der Waals surface area (Å²) < 4.78 is 1.30. The maximum Gasteiger partial charge on any atom is 0.266 e. The molecule has 2 aromatic rings. The molecule has 1 unspecified atom stereocenters. The van der Waals surface area contributed by atoms with Crippen molar-refractivity contribution in [3.05, 3.63) is 63.6 Å². The number of nitrogens with two attached hydrogens (primary N) is 1. The predicted octanol–water partition coefficient (Wildman–Crippen LogP) is 1.95. The van der Waals surface area contributed by atoms with Crippen LogP contribution in [0.25, 0.3) is 0 Å². The van der Waals surface area contributed by atoms with Crippen molar-refractivity contribution in [1.29, 1.82) is 0 Å². The van der Waals surface area contributed by atoms with Crippen LogP contribution in [0.4, 0.5) is 0 Å². The zero-order chi connectivity index (χ0) is 14.0. The lowest BCUT2D eigenvalue weighted by Gasteiger charge is -2.13. The van der Waals surface area contributed by atoms with E-state index in [1.54, 1.807) is 13.1 Å². The highest BCUT2D eigenvalue weighted by molar-refractivity contribution is 5.30. The van der Waals surface area contributed by atoms with E-state index in [4.69, 9.17) is 5.73 Å². The first-order valence-corrected chi connectivity index (χ1v) is 6.38. The molecule has 1 atom stereocenters. The van der Waals surface area contributed by atoms with Gasteiger partial charge >= 0.3 is 0 Å². The number of aryl methyl sites for hydroxylation is 1. The van der Waals surface area contributed by atoms with E-state index < -0.39 is 0 Å². The summed E-state index contributed by atoms with van der Waals surface area (Å²) in [6.07, 6.45) is 0. The molecule has 0 spiro atoms. The topological polar surface area (TPSA) is 60.9 Å². The van der Waals surface area contributed by atoms with Gasteiger partial charge in [-0.3, -0.25) is 4.79 Å².